The lowest BCUT2D eigenvalue weighted by Crippen LogP contribution is -2.28. The number of aldehydes is 1. The number of carbonyl (C=O) groups is 1. The monoisotopic (exact) mass is 156 g/mol. The summed E-state index contributed by atoms with van der Waals surface area (Å²) in [6, 6.07) is 0. The van der Waals surface area contributed by atoms with Gasteiger partial charge in [-0.1, -0.05) is 0 Å². The Bertz CT molecular complexity index is 267. The van der Waals surface area contributed by atoms with Gasteiger partial charge in [0.1, 0.15) is 11.8 Å². The summed E-state index contributed by atoms with van der Waals surface area (Å²) >= 11 is 0. The molecule has 0 atom stereocenters. The van der Waals surface area contributed by atoms with E-state index in [0.29, 0.717) is 0 Å². The van der Waals surface area contributed by atoms with E-state index < -0.39 is 11.4 Å². The predicted octanol–water partition coefficient (Wildman–Crippen LogP) is 0.956. The largest absolute Gasteiger partial charge is 0.301 e. The fraction of sp³-hybridized carbons (Fsp3) is 0.429. The van der Waals surface area contributed by atoms with E-state index in [0.717, 1.165) is 12.5 Å². The number of hydrogen-bond acceptors (Lipinski definition) is 2. The Kier molecular flexibility index (Phi) is 1.76. The first-order chi connectivity index (χ1) is 5.06. The molecule has 1 rings (SSSR count). The van der Waals surface area contributed by atoms with E-state index in [9.17, 15) is 9.18 Å². The molecule has 0 saturated heterocycles. The Hall–Kier alpha value is -1.19. The fourth-order valence-corrected chi connectivity index (χ4v) is 0.670. The van der Waals surface area contributed by atoms with Gasteiger partial charge in [-0.25, -0.2) is 4.39 Å². The predicted molar refractivity (Wildman–Crippen MR) is 37.6 cm³/mol. The van der Waals surface area contributed by atoms with Gasteiger partial charge in [-0.2, -0.15) is 5.10 Å². The molecule has 0 N–H and O–H groups in total. The standard InChI is InChI=1S/C7H9FN2O/c1-7(2,5-11)10-4-6(8)3-9-10/h3-5H,1-2H3. The minimum atomic E-state index is -0.760. The first-order valence-corrected chi connectivity index (χ1v) is 3.23. The van der Waals surface area contributed by atoms with E-state index in [1.807, 2.05) is 0 Å². The van der Waals surface area contributed by atoms with Crippen molar-refractivity contribution in [2.45, 2.75) is 19.4 Å². The molecule has 4 heteroatoms. The summed E-state index contributed by atoms with van der Waals surface area (Å²) in [5, 5.41) is 3.67. The molecule has 0 unspecified atom stereocenters. The third-order valence-electron chi connectivity index (χ3n) is 1.43. The summed E-state index contributed by atoms with van der Waals surface area (Å²) < 4.78 is 13.7. The summed E-state index contributed by atoms with van der Waals surface area (Å²) in [7, 11) is 0. The molecule has 0 spiro atoms. The van der Waals surface area contributed by atoms with Gasteiger partial charge in [0.15, 0.2) is 5.82 Å². The van der Waals surface area contributed by atoms with Crippen LogP contribution in [0.25, 0.3) is 0 Å². The van der Waals surface area contributed by atoms with Crippen molar-refractivity contribution in [2.75, 3.05) is 0 Å². The number of rotatable bonds is 2. The van der Waals surface area contributed by atoms with Crippen LogP contribution in [-0.4, -0.2) is 16.1 Å². The molecule has 1 aromatic rings. The summed E-state index contributed by atoms with van der Waals surface area (Å²) in [5.74, 6) is -0.431. The molecule has 60 valence electrons. The zero-order chi connectivity index (χ0) is 8.48. The maximum atomic E-state index is 12.4. The Morgan fingerprint density at radius 1 is 1.73 bits per heavy atom. The lowest BCUT2D eigenvalue weighted by Gasteiger charge is -2.16. The SMILES string of the molecule is CC(C)(C=O)n1cc(F)cn1. The zero-order valence-corrected chi connectivity index (χ0v) is 6.41. The molecule has 11 heavy (non-hydrogen) atoms. The Balaban J connectivity index is 3.01. The summed E-state index contributed by atoms with van der Waals surface area (Å²) in [6.07, 6.45) is 2.99. The quantitative estimate of drug-likeness (QED) is 0.597. The fourth-order valence-electron chi connectivity index (χ4n) is 0.670. The third kappa shape index (κ3) is 1.45. The maximum absolute atomic E-state index is 12.4. The van der Waals surface area contributed by atoms with Gasteiger partial charge in [0.05, 0.1) is 12.4 Å². The maximum Gasteiger partial charge on any atom is 0.161 e. The molecule has 0 saturated carbocycles. The van der Waals surface area contributed by atoms with E-state index in [1.165, 1.54) is 10.9 Å². The molecule has 0 aromatic carbocycles. The lowest BCUT2D eigenvalue weighted by atomic mass is 10.1. The van der Waals surface area contributed by atoms with Gasteiger partial charge in [-0.05, 0) is 13.8 Å². The third-order valence-corrected chi connectivity index (χ3v) is 1.43. The molecule has 0 amide bonds. The first kappa shape index (κ1) is 7.91. The highest BCUT2D eigenvalue weighted by molar-refractivity contribution is 5.60. The number of carbonyl (C=O) groups excluding carboxylic acids is 1. The second-order valence-corrected chi connectivity index (χ2v) is 2.87. The van der Waals surface area contributed by atoms with E-state index >= 15 is 0 Å². The Morgan fingerprint density at radius 3 is 2.73 bits per heavy atom. The molecule has 0 radical (unpaired) electrons. The van der Waals surface area contributed by atoms with Gasteiger partial charge < -0.3 is 4.79 Å². The summed E-state index contributed by atoms with van der Waals surface area (Å²) in [5.41, 5.74) is -0.760. The second kappa shape index (κ2) is 2.45. The summed E-state index contributed by atoms with van der Waals surface area (Å²) in [6.45, 7) is 3.32. The molecule has 0 aliphatic rings. The van der Waals surface area contributed by atoms with Crippen LogP contribution in [0.3, 0.4) is 0 Å². The minimum absolute atomic E-state index is 0.431. The molecule has 1 aromatic heterocycles. The molecular weight excluding hydrogens is 147 g/mol. The van der Waals surface area contributed by atoms with Crippen LogP contribution in [0.15, 0.2) is 12.4 Å². The van der Waals surface area contributed by atoms with E-state index in [4.69, 9.17) is 0 Å². The van der Waals surface area contributed by atoms with E-state index in [-0.39, 0.29) is 0 Å². The van der Waals surface area contributed by atoms with E-state index in [2.05, 4.69) is 5.10 Å². The van der Waals surface area contributed by atoms with Crippen molar-refractivity contribution >= 4 is 6.29 Å². The number of aromatic nitrogens is 2. The van der Waals surface area contributed by atoms with Crippen molar-refractivity contribution in [3.8, 4) is 0 Å². The average Bonchev–Trinajstić information content (AvgIpc) is 2.36. The van der Waals surface area contributed by atoms with E-state index in [1.54, 1.807) is 13.8 Å². The van der Waals surface area contributed by atoms with Crippen molar-refractivity contribution in [1.29, 1.82) is 0 Å². The Labute approximate surface area is 63.8 Å². The normalized spacial score (nSPS) is 11.5. The number of nitrogens with zero attached hydrogens (tertiary/aromatic N) is 2. The smallest absolute Gasteiger partial charge is 0.161 e. The van der Waals surface area contributed by atoms with Crippen molar-refractivity contribution < 1.29 is 9.18 Å². The van der Waals surface area contributed by atoms with Gasteiger partial charge in [0.25, 0.3) is 0 Å². The summed E-state index contributed by atoms with van der Waals surface area (Å²) in [4.78, 5) is 10.5. The molecule has 1 heterocycles. The van der Waals surface area contributed by atoms with Gasteiger partial charge in [-0.15, -0.1) is 0 Å². The van der Waals surface area contributed by atoms with Crippen LogP contribution in [0.5, 0.6) is 0 Å². The average molecular weight is 156 g/mol. The van der Waals surface area contributed by atoms with Crippen molar-refractivity contribution in [3.05, 3.63) is 18.2 Å². The first-order valence-electron chi connectivity index (χ1n) is 3.23. The van der Waals surface area contributed by atoms with Crippen LogP contribution < -0.4 is 0 Å². The van der Waals surface area contributed by atoms with Gasteiger partial charge in [-0.3, -0.25) is 4.68 Å². The molecule has 0 fully saturated rings. The van der Waals surface area contributed by atoms with Crippen LogP contribution in [-0.2, 0) is 10.3 Å². The van der Waals surface area contributed by atoms with Crippen LogP contribution in [0.4, 0.5) is 4.39 Å². The lowest BCUT2D eigenvalue weighted by molar-refractivity contribution is -0.114. The van der Waals surface area contributed by atoms with Gasteiger partial charge in [0.2, 0.25) is 0 Å². The molecule has 3 nitrogen and oxygen atoms in total. The molecule has 0 bridgehead atoms. The van der Waals surface area contributed by atoms with Crippen LogP contribution in [0, 0.1) is 5.82 Å². The highest BCUT2D eigenvalue weighted by atomic mass is 19.1. The highest BCUT2D eigenvalue weighted by Crippen LogP contribution is 2.10. The topological polar surface area (TPSA) is 34.9 Å². The number of halogens is 1. The van der Waals surface area contributed by atoms with Gasteiger partial charge in [0, 0.05) is 0 Å². The zero-order valence-electron chi connectivity index (χ0n) is 6.41. The van der Waals surface area contributed by atoms with Crippen molar-refractivity contribution in [1.82, 2.24) is 9.78 Å². The van der Waals surface area contributed by atoms with Crippen LogP contribution >= 0.6 is 0 Å². The number of hydrogen-bond donors (Lipinski definition) is 0. The second-order valence-electron chi connectivity index (χ2n) is 2.87. The molecule has 0 aliphatic carbocycles. The molecular formula is C7H9FN2O. The highest BCUT2D eigenvalue weighted by Gasteiger charge is 2.19. The van der Waals surface area contributed by atoms with Crippen molar-refractivity contribution in [2.24, 2.45) is 0 Å². The van der Waals surface area contributed by atoms with Gasteiger partial charge >= 0.3 is 0 Å². The molecule has 0 aliphatic heterocycles. The van der Waals surface area contributed by atoms with Crippen LogP contribution in [0.2, 0.25) is 0 Å². The Morgan fingerprint density at radius 2 is 2.36 bits per heavy atom. The minimum Gasteiger partial charge on any atom is -0.301 e. The van der Waals surface area contributed by atoms with Crippen LogP contribution in [0.1, 0.15) is 13.8 Å². The van der Waals surface area contributed by atoms with Crippen molar-refractivity contribution in [3.63, 3.8) is 0 Å².